The Bertz CT molecular complexity index is 637. The first-order chi connectivity index (χ1) is 10.0. The van der Waals surface area contributed by atoms with Crippen LogP contribution in [0.1, 0.15) is 17.2 Å². The van der Waals surface area contributed by atoms with Crippen molar-refractivity contribution in [3.63, 3.8) is 0 Å². The van der Waals surface area contributed by atoms with Gasteiger partial charge in [0.25, 0.3) is 0 Å². The van der Waals surface area contributed by atoms with E-state index in [-0.39, 0.29) is 11.9 Å². The third kappa shape index (κ3) is 4.03. The Morgan fingerprint density at radius 2 is 2.00 bits per heavy atom. The fraction of sp³-hybridized carbons (Fsp3) is 0.200. The SMILES string of the molecule is COc1cc(Br)ccc1C(Cc1cc(F)ccc1Br)NN. The number of nitrogens with two attached hydrogens (primary N) is 1. The second kappa shape index (κ2) is 7.35. The van der Waals surface area contributed by atoms with E-state index in [1.54, 1.807) is 13.2 Å². The molecule has 3 N–H and O–H groups in total. The summed E-state index contributed by atoms with van der Waals surface area (Å²) < 4.78 is 20.6. The summed E-state index contributed by atoms with van der Waals surface area (Å²) in [4.78, 5) is 0. The lowest BCUT2D eigenvalue weighted by molar-refractivity contribution is 0.398. The van der Waals surface area contributed by atoms with E-state index in [2.05, 4.69) is 37.3 Å². The zero-order valence-corrected chi connectivity index (χ0v) is 14.5. The molecule has 2 rings (SSSR count). The summed E-state index contributed by atoms with van der Waals surface area (Å²) in [6.45, 7) is 0. The highest BCUT2D eigenvalue weighted by molar-refractivity contribution is 9.10. The van der Waals surface area contributed by atoms with Crippen LogP contribution in [-0.4, -0.2) is 7.11 Å². The van der Waals surface area contributed by atoms with Gasteiger partial charge in [-0.15, -0.1) is 0 Å². The molecule has 1 unspecified atom stereocenters. The molecule has 0 spiro atoms. The second-order valence-electron chi connectivity index (χ2n) is 4.55. The van der Waals surface area contributed by atoms with Crippen molar-refractivity contribution in [2.24, 2.45) is 5.84 Å². The topological polar surface area (TPSA) is 47.3 Å². The molecule has 1 atom stereocenters. The van der Waals surface area contributed by atoms with Crippen molar-refractivity contribution in [1.29, 1.82) is 0 Å². The molecule has 0 heterocycles. The van der Waals surface area contributed by atoms with Crippen molar-refractivity contribution < 1.29 is 9.13 Å². The van der Waals surface area contributed by atoms with Crippen molar-refractivity contribution in [2.75, 3.05) is 7.11 Å². The smallest absolute Gasteiger partial charge is 0.124 e. The molecule has 0 radical (unpaired) electrons. The normalized spacial score (nSPS) is 12.2. The van der Waals surface area contributed by atoms with Crippen LogP contribution < -0.4 is 16.0 Å². The second-order valence-corrected chi connectivity index (χ2v) is 6.32. The summed E-state index contributed by atoms with van der Waals surface area (Å²) in [5.41, 5.74) is 4.52. The number of hydrogen-bond acceptors (Lipinski definition) is 3. The predicted molar refractivity (Wildman–Crippen MR) is 88.6 cm³/mol. The Kier molecular flexibility index (Phi) is 5.75. The van der Waals surface area contributed by atoms with Crippen LogP contribution in [0.5, 0.6) is 5.75 Å². The van der Waals surface area contributed by atoms with Crippen LogP contribution in [0.15, 0.2) is 45.3 Å². The van der Waals surface area contributed by atoms with Crippen molar-refractivity contribution >= 4 is 31.9 Å². The molecule has 0 aliphatic rings. The zero-order chi connectivity index (χ0) is 15.4. The van der Waals surface area contributed by atoms with Crippen LogP contribution in [0.3, 0.4) is 0 Å². The highest BCUT2D eigenvalue weighted by Gasteiger charge is 2.17. The molecule has 6 heteroatoms. The molecule has 21 heavy (non-hydrogen) atoms. The zero-order valence-electron chi connectivity index (χ0n) is 11.4. The molecule has 0 aromatic heterocycles. The predicted octanol–water partition coefficient (Wildman–Crippen LogP) is 4.11. The average Bonchev–Trinajstić information content (AvgIpc) is 2.48. The number of hydrazine groups is 1. The van der Waals surface area contributed by atoms with Gasteiger partial charge in [0.2, 0.25) is 0 Å². The van der Waals surface area contributed by atoms with Crippen LogP contribution in [-0.2, 0) is 6.42 Å². The van der Waals surface area contributed by atoms with Gasteiger partial charge < -0.3 is 4.74 Å². The van der Waals surface area contributed by atoms with E-state index in [1.807, 2.05) is 18.2 Å². The third-order valence-electron chi connectivity index (χ3n) is 3.20. The minimum atomic E-state index is -0.272. The molecule has 0 fully saturated rings. The van der Waals surface area contributed by atoms with E-state index in [1.165, 1.54) is 12.1 Å². The van der Waals surface area contributed by atoms with E-state index in [0.717, 1.165) is 25.8 Å². The molecular formula is C15H15Br2FN2O. The van der Waals surface area contributed by atoms with Gasteiger partial charge in [-0.05, 0) is 42.3 Å². The fourth-order valence-electron chi connectivity index (χ4n) is 2.15. The first kappa shape index (κ1) is 16.4. The van der Waals surface area contributed by atoms with Gasteiger partial charge in [-0.25, -0.2) is 4.39 Å². The molecular weight excluding hydrogens is 403 g/mol. The van der Waals surface area contributed by atoms with Gasteiger partial charge in [-0.3, -0.25) is 11.3 Å². The lowest BCUT2D eigenvalue weighted by Gasteiger charge is -2.20. The van der Waals surface area contributed by atoms with Crippen molar-refractivity contribution in [3.05, 3.63) is 62.3 Å². The van der Waals surface area contributed by atoms with Gasteiger partial charge in [0, 0.05) is 14.5 Å². The van der Waals surface area contributed by atoms with E-state index in [9.17, 15) is 4.39 Å². The first-order valence-corrected chi connectivity index (χ1v) is 7.87. The van der Waals surface area contributed by atoms with Gasteiger partial charge in [-0.2, -0.15) is 0 Å². The summed E-state index contributed by atoms with van der Waals surface area (Å²) in [5, 5.41) is 0. The summed E-state index contributed by atoms with van der Waals surface area (Å²) in [5.74, 6) is 6.13. The number of rotatable bonds is 5. The number of benzene rings is 2. The van der Waals surface area contributed by atoms with Gasteiger partial charge >= 0.3 is 0 Å². The van der Waals surface area contributed by atoms with Gasteiger partial charge in [0.1, 0.15) is 11.6 Å². The standard InChI is InChI=1S/C15H15Br2FN2O/c1-21-15-8-10(16)2-4-12(15)14(20-19)7-9-6-11(18)3-5-13(9)17/h2-6,8,14,20H,7,19H2,1H3. The summed E-state index contributed by atoms with van der Waals surface area (Å²) in [6.07, 6.45) is 0.535. The highest BCUT2D eigenvalue weighted by atomic mass is 79.9. The van der Waals surface area contributed by atoms with Crippen molar-refractivity contribution in [1.82, 2.24) is 5.43 Å². The van der Waals surface area contributed by atoms with E-state index >= 15 is 0 Å². The maximum atomic E-state index is 13.4. The van der Waals surface area contributed by atoms with Crippen LogP contribution in [0.4, 0.5) is 4.39 Å². The van der Waals surface area contributed by atoms with Crippen LogP contribution in [0, 0.1) is 5.82 Å². The Morgan fingerprint density at radius 1 is 1.24 bits per heavy atom. The third-order valence-corrected chi connectivity index (χ3v) is 4.47. The average molecular weight is 418 g/mol. The van der Waals surface area contributed by atoms with Crippen LogP contribution >= 0.6 is 31.9 Å². The maximum absolute atomic E-state index is 13.4. The number of halogens is 3. The molecule has 112 valence electrons. The fourth-order valence-corrected chi connectivity index (χ4v) is 2.90. The molecule has 0 saturated carbocycles. The van der Waals surface area contributed by atoms with Gasteiger partial charge in [0.15, 0.2) is 0 Å². The van der Waals surface area contributed by atoms with E-state index in [4.69, 9.17) is 10.6 Å². The highest BCUT2D eigenvalue weighted by Crippen LogP contribution is 2.31. The quantitative estimate of drug-likeness (QED) is 0.568. The molecule has 0 aliphatic heterocycles. The Morgan fingerprint density at radius 3 is 2.67 bits per heavy atom. The van der Waals surface area contributed by atoms with Crippen LogP contribution in [0.25, 0.3) is 0 Å². The Balaban J connectivity index is 2.34. The minimum Gasteiger partial charge on any atom is -0.496 e. The molecule has 2 aromatic carbocycles. The molecule has 2 aromatic rings. The number of ether oxygens (including phenoxy) is 1. The lowest BCUT2D eigenvalue weighted by atomic mass is 9.98. The summed E-state index contributed by atoms with van der Waals surface area (Å²) in [7, 11) is 1.61. The number of hydrogen-bond donors (Lipinski definition) is 2. The first-order valence-electron chi connectivity index (χ1n) is 6.28. The number of methoxy groups -OCH3 is 1. The maximum Gasteiger partial charge on any atom is 0.124 e. The Labute approximate surface area is 139 Å². The summed E-state index contributed by atoms with van der Waals surface area (Å²) >= 11 is 6.84. The monoisotopic (exact) mass is 416 g/mol. The largest absolute Gasteiger partial charge is 0.496 e. The number of nitrogens with one attached hydrogen (secondary N) is 1. The lowest BCUT2D eigenvalue weighted by Crippen LogP contribution is -2.30. The molecule has 0 aliphatic carbocycles. The molecule has 0 saturated heterocycles. The Hall–Kier alpha value is -0.950. The molecule has 0 bridgehead atoms. The molecule has 3 nitrogen and oxygen atoms in total. The van der Waals surface area contributed by atoms with E-state index in [0.29, 0.717) is 6.42 Å². The van der Waals surface area contributed by atoms with E-state index < -0.39 is 0 Å². The molecule has 0 amide bonds. The van der Waals surface area contributed by atoms with Gasteiger partial charge in [-0.1, -0.05) is 37.9 Å². The van der Waals surface area contributed by atoms with Gasteiger partial charge in [0.05, 0.1) is 13.2 Å². The minimum absolute atomic E-state index is 0.189. The van der Waals surface area contributed by atoms with Crippen molar-refractivity contribution in [2.45, 2.75) is 12.5 Å². The van der Waals surface area contributed by atoms with Crippen molar-refractivity contribution in [3.8, 4) is 5.75 Å². The van der Waals surface area contributed by atoms with Crippen LogP contribution in [0.2, 0.25) is 0 Å². The summed E-state index contributed by atoms with van der Waals surface area (Å²) in [6, 6.07) is 10.1.